The van der Waals surface area contributed by atoms with E-state index in [0.717, 1.165) is 31.8 Å². The minimum Gasteiger partial charge on any atom is -0.496 e. The predicted octanol–water partition coefficient (Wildman–Crippen LogP) is 3.91. The molecular formula is C21H34IN3O2. The Bertz CT molecular complexity index is 624. The summed E-state index contributed by atoms with van der Waals surface area (Å²) in [5.41, 5.74) is 8.63. The standard InChI is InChI=1S/C21H33N3O2.HI/c1-16-8-9-19(25-2)18(14-16)21(10-12-26-13-11-21)15-23-20(22)24-17-6-4-3-5-7-17;/h8-9,14,17H,3-7,10-13,15H2,1-2H3,(H3,22,23,24);1H. The molecule has 1 aromatic carbocycles. The molecule has 3 rings (SSSR count). The van der Waals surface area contributed by atoms with E-state index in [1.807, 2.05) is 0 Å². The molecule has 1 aromatic rings. The number of benzene rings is 1. The molecule has 3 N–H and O–H groups in total. The third-order valence-corrected chi connectivity index (χ3v) is 5.89. The van der Waals surface area contributed by atoms with Gasteiger partial charge in [-0.05, 0) is 38.7 Å². The number of ether oxygens (including phenoxy) is 2. The average Bonchev–Trinajstić information content (AvgIpc) is 2.68. The molecule has 1 saturated heterocycles. The van der Waals surface area contributed by atoms with Gasteiger partial charge in [-0.3, -0.25) is 4.99 Å². The monoisotopic (exact) mass is 487 g/mol. The lowest BCUT2D eigenvalue weighted by atomic mass is 9.73. The molecule has 27 heavy (non-hydrogen) atoms. The van der Waals surface area contributed by atoms with Crippen LogP contribution in [0, 0.1) is 6.92 Å². The van der Waals surface area contributed by atoms with Crippen LogP contribution in [0.25, 0.3) is 0 Å². The van der Waals surface area contributed by atoms with Crippen LogP contribution >= 0.6 is 24.0 Å². The number of aliphatic imine (C=N–C) groups is 1. The van der Waals surface area contributed by atoms with Crippen LogP contribution in [0.15, 0.2) is 23.2 Å². The molecular weight excluding hydrogens is 453 g/mol. The van der Waals surface area contributed by atoms with Gasteiger partial charge in [0.05, 0.1) is 13.7 Å². The van der Waals surface area contributed by atoms with Gasteiger partial charge in [0.2, 0.25) is 0 Å². The summed E-state index contributed by atoms with van der Waals surface area (Å²) < 4.78 is 11.3. The number of aryl methyl sites for hydroxylation is 1. The summed E-state index contributed by atoms with van der Waals surface area (Å²) in [5, 5.41) is 3.43. The summed E-state index contributed by atoms with van der Waals surface area (Å²) in [6.45, 7) is 4.30. The largest absolute Gasteiger partial charge is 0.496 e. The first kappa shape index (κ1) is 22.3. The second-order valence-corrected chi connectivity index (χ2v) is 7.78. The van der Waals surface area contributed by atoms with E-state index in [1.54, 1.807) is 7.11 Å². The van der Waals surface area contributed by atoms with E-state index in [9.17, 15) is 0 Å². The molecule has 0 aromatic heterocycles. The van der Waals surface area contributed by atoms with Crippen LogP contribution in [-0.4, -0.2) is 38.9 Å². The van der Waals surface area contributed by atoms with E-state index < -0.39 is 0 Å². The molecule has 5 nitrogen and oxygen atoms in total. The quantitative estimate of drug-likeness (QED) is 0.376. The lowest BCUT2D eigenvalue weighted by Gasteiger charge is -2.37. The minimum atomic E-state index is -0.0749. The Morgan fingerprint density at radius 3 is 2.63 bits per heavy atom. The lowest BCUT2D eigenvalue weighted by Crippen LogP contribution is -2.43. The third kappa shape index (κ3) is 5.73. The highest BCUT2D eigenvalue weighted by Gasteiger charge is 2.37. The number of hydrogen-bond acceptors (Lipinski definition) is 3. The molecule has 1 saturated carbocycles. The van der Waals surface area contributed by atoms with Crippen molar-refractivity contribution in [3.05, 3.63) is 29.3 Å². The fourth-order valence-corrected chi connectivity index (χ4v) is 4.25. The molecule has 1 heterocycles. The second-order valence-electron chi connectivity index (χ2n) is 7.78. The number of guanidine groups is 1. The van der Waals surface area contributed by atoms with Crippen molar-refractivity contribution in [1.29, 1.82) is 0 Å². The van der Waals surface area contributed by atoms with Gasteiger partial charge in [-0.15, -0.1) is 24.0 Å². The average molecular weight is 487 g/mol. The molecule has 152 valence electrons. The first-order chi connectivity index (χ1) is 12.6. The van der Waals surface area contributed by atoms with E-state index in [-0.39, 0.29) is 29.4 Å². The number of nitrogens with zero attached hydrogens (tertiary/aromatic N) is 1. The van der Waals surface area contributed by atoms with Crippen molar-refractivity contribution in [1.82, 2.24) is 5.32 Å². The molecule has 0 amide bonds. The van der Waals surface area contributed by atoms with Crippen molar-refractivity contribution < 1.29 is 9.47 Å². The van der Waals surface area contributed by atoms with E-state index >= 15 is 0 Å². The number of nitrogens with two attached hydrogens (primary N) is 1. The summed E-state index contributed by atoms with van der Waals surface area (Å²) in [6, 6.07) is 6.88. The first-order valence-electron chi connectivity index (χ1n) is 9.92. The van der Waals surface area contributed by atoms with Gasteiger partial charge in [-0.1, -0.05) is 37.0 Å². The maximum Gasteiger partial charge on any atom is 0.188 e. The topological polar surface area (TPSA) is 68.9 Å². The Kier molecular flexibility index (Phi) is 8.66. The van der Waals surface area contributed by atoms with Crippen molar-refractivity contribution >= 4 is 29.9 Å². The van der Waals surface area contributed by atoms with Crippen molar-refractivity contribution in [2.45, 2.75) is 63.3 Å². The number of rotatable bonds is 5. The van der Waals surface area contributed by atoms with E-state index in [4.69, 9.17) is 20.2 Å². The van der Waals surface area contributed by atoms with Crippen molar-refractivity contribution in [2.24, 2.45) is 10.7 Å². The summed E-state index contributed by atoms with van der Waals surface area (Å²) in [4.78, 5) is 4.77. The summed E-state index contributed by atoms with van der Waals surface area (Å²) in [6.07, 6.45) is 8.17. The van der Waals surface area contributed by atoms with Gasteiger partial charge in [0, 0.05) is 30.2 Å². The Labute approximate surface area is 180 Å². The zero-order valence-corrected chi connectivity index (χ0v) is 19.0. The van der Waals surface area contributed by atoms with Crippen molar-refractivity contribution in [3.63, 3.8) is 0 Å². The van der Waals surface area contributed by atoms with Crippen LogP contribution in [0.4, 0.5) is 0 Å². The normalized spacial score (nSPS) is 20.6. The van der Waals surface area contributed by atoms with Gasteiger partial charge in [0.25, 0.3) is 0 Å². The Morgan fingerprint density at radius 2 is 1.96 bits per heavy atom. The van der Waals surface area contributed by atoms with E-state index in [1.165, 1.54) is 43.2 Å². The predicted molar refractivity (Wildman–Crippen MR) is 121 cm³/mol. The Balaban J connectivity index is 0.00000261. The smallest absolute Gasteiger partial charge is 0.188 e. The van der Waals surface area contributed by atoms with Crippen LogP contribution in [0.5, 0.6) is 5.75 Å². The maximum absolute atomic E-state index is 6.24. The highest BCUT2D eigenvalue weighted by molar-refractivity contribution is 14.0. The van der Waals surface area contributed by atoms with Crippen LogP contribution in [0.1, 0.15) is 56.1 Å². The highest BCUT2D eigenvalue weighted by atomic mass is 127. The first-order valence-corrected chi connectivity index (χ1v) is 9.92. The van der Waals surface area contributed by atoms with E-state index in [2.05, 4.69) is 30.4 Å². The van der Waals surface area contributed by atoms with Gasteiger partial charge in [-0.25, -0.2) is 0 Å². The molecule has 0 atom stereocenters. The molecule has 1 aliphatic heterocycles. The molecule has 2 fully saturated rings. The molecule has 0 unspecified atom stereocenters. The molecule has 0 bridgehead atoms. The zero-order valence-electron chi connectivity index (χ0n) is 16.6. The number of halogens is 1. The molecule has 1 aliphatic carbocycles. The number of nitrogens with one attached hydrogen (secondary N) is 1. The van der Waals surface area contributed by atoms with Crippen LogP contribution < -0.4 is 15.8 Å². The number of hydrogen-bond donors (Lipinski definition) is 2. The van der Waals surface area contributed by atoms with Gasteiger partial charge in [-0.2, -0.15) is 0 Å². The van der Waals surface area contributed by atoms with Gasteiger partial charge in [0.1, 0.15) is 5.75 Å². The maximum atomic E-state index is 6.24. The summed E-state index contributed by atoms with van der Waals surface area (Å²) in [5.74, 6) is 1.51. The van der Waals surface area contributed by atoms with Gasteiger partial charge in [0.15, 0.2) is 5.96 Å². The van der Waals surface area contributed by atoms with Crippen molar-refractivity contribution in [2.75, 3.05) is 26.9 Å². The molecule has 0 radical (unpaired) electrons. The summed E-state index contributed by atoms with van der Waals surface area (Å²) in [7, 11) is 1.74. The third-order valence-electron chi connectivity index (χ3n) is 5.89. The van der Waals surface area contributed by atoms with Gasteiger partial charge < -0.3 is 20.5 Å². The lowest BCUT2D eigenvalue weighted by molar-refractivity contribution is 0.0522. The van der Waals surface area contributed by atoms with Crippen molar-refractivity contribution in [3.8, 4) is 5.75 Å². The molecule has 6 heteroatoms. The molecule has 0 spiro atoms. The second kappa shape index (κ2) is 10.5. The fourth-order valence-electron chi connectivity index (χ4n) is 4.25. The van der Waals surface area contributed by atoms with Crippen LogP contribution in [-0.2, 0) is 10.2 Å². The minimum absolute atomic E-state index is 0. The van der Waals surface area contributed by atoms with Crippen LogP contribution in [0.3, 0.4) is 0 Å². The zero-order chi connectivity index (χ0) is 18.4. The Hall–Kier alpha value is -1.02. The van der Waals surface area contributed by atoms with E-state index in [0.29, 0.717) is 18.5 Å². The number of methoxy groups -OCH3 is 1. The summed E-state index contributed by atoms with van der Waals surface area (Å²) >= 11 is 0. The Morgan fingerprint density at radius 1 is 1.26 bits per heavy atom. The van der Waals surface area contributed by atoms with Crippen LogP contribution in [0.2, 0.25) is 0 Å². The highest BCUT2D eigenvalue weighted by Crippen LogP contribution is 2.40. The SMILES string of the molecule is COc1ccc(C)cc1C1(CN=C(N)NC2CCCCC2)CCOCC1.I. The molecule has 2 aliphatic rings. The van der Waals surface area contributed by atoms with Gasteiger partial charge >= 0.3 is 0 Å². The fraction of sp³-hybridized carbons (Fsp3) is 0.667.